The fourth-order valence-electron chi connectivity index (χ4n) is 1.95. The SMILES string of the molecule is CC(CN)C(=O)NC(c1cccc(C(F)(F)F)c1)C(C)C.Cl. The van der Waals surface area contributed by atoms with E-state index in [0.29, 0.717) is 5.56 Å². The predicted octanol–water partition coefficient (Wildman–Crippen LogP) is 3.54. The number of nitrogens with two attached hydrogens (primary N) is 1. The fraction of sp³-hybridized carbons (Fsp3) is 0.533. The maximum atomic E-state index is 12.8. The monoisotopic (exact) mass is 338 g/mol. The summed E-state index contributed by atoms with van der Waals surface area (Å²) in [4.78, 5) is 11.9. The Morgan fingerprint density at radius 2 is 1.86 bits per heavy atom. The molecule has 1 aromatic rings. The van der Waals surface area contributed by atoms with E-state index in [4.69, 9.17) is 5.73 Å². The lowest BCUT2D eigenvalue weighted by molar-refractivity contribution is -0.137. The van der Waals surface area contributed by atoms with E-state index in [-0.39, 0.29) is 36.7 Å². The van der Waals surface area contributed by atoms with Gasteiger partial charge in [-0.1, -0.05) is 32.9 Å². The van der Waals surface area contributed by atoms with Gasteiger partial charge in [0.1, 0.15) is 0 Å². The summed E-state index contributed by atoms with van der Waals surface area (Å²) in [5.74, 6) is -0.673. The molecule has 0 heterocycles. The normalized spacial score (nSPS) is 14.2. The molecule has 0 spiro atoms. The minimum Gasteiger partial charge on any atom is -0.349 e. The summed E-state index contributed by atoms with van der Waals surface area (Å²) in [6, 6.07) is 4.57. The van der Waals surface area contributed by atoms with Gasteiger partial charge in [-0.05, 0) is 23.6 Å². The van der Waals surface area contributed by atoms with Gasteiger partial charge in [0.2, 0.25) is 5.91 Å². The number of carbonyl (C=O) groups is 1. The van der Waals surface area contributed by atoms with Gasteiger partial charge in [-0.3, -0.25) is 4.79 Å². The average molecular weight is 339 g/mol. The number of halogens is 4. The fourth-order valence-corrected chi connectivity index (χ4v) is 1.95. The highest BCUT2D eigenvalue weighted by Crippen LogP contribution is 2.32. The van der Waals surface area contributed by atoms with Crippen molar-refractivity contribution in [1.29, 1.82) is 0 Å². The quantitative estimate of drug-likeness (QED) is 0.862. The van der Waals surface area contributed by atoms with Gasteiger partial charge in [0.25, 0.3) is 0 Å². The summed E-state index contributed by atoms with van der Waals surface area (Å²) >= 11 is 0. The number of alkyl halides is 3. The van der Waals surface area contributed by atoms with Crippen LogP contribution in [0.2, 0.25) is 0 Å². The third-order valence-corrected chi connectivity index (χ3v) is 3.34. The average Bonchev–Trinajstić information content (AvgIpc) is 2.42. The standard InChI is InChI=1S/C15H21F3N2O.ClH/c1-9(2)13(20-14(21)10(3)8-19)11-5-4-6-12(7-11)15(16,17)18;/h4-7,9-10,13H,8,19H2,1-3H3,(H,20,21);1H. The third kappa shape index (κ3) is 5.50. The molecule has 0 aliphatic carbocycles. The van der Waals surface area contributed by atoms with Gasteiger partial charge in [0.15, 0.2) is 0 Å². The summed E-state index contributed by atoms with van der Waals surface area (Å²) in [7, 11) is 0. The molecule has 2 atom stereocenters. The first-order chi connectivity index (χ1) is 9.66. The van der Waals surface area contributed by atoms with E-state index in [9.17, 15) is 18.0 Å². The van der Waals surface area contributed by atoms with Crippen molar-refractivity contribution in [2.75, 3.05) is 6.54 Å². The molecule has 0 aliphatic rings. The maximum Gasteiger partial charge on any atom is 0.416 e. The first kappa shape index (κ1) is 20.7. The van der Waals surface area contributed by atoms with Gasteiger partial charge in [0, 0.05) is 12.5 Å². The number of hydrogen-bond acceptors (Lipinski definition) is 2. The minimum absolute atomic E-state index is 0. The highest BCUT2D eigenvalue weighted by atomic mass is 35.5. The Labute approximate surface area is 134 Å². The zero-order valence-corrected chi connectivity index (χ0v) is 13.6. The number of hydrogen-bond donors (Lipinski definition) is 2. The number of nitrogens with one attached hydrogen (secondary N) is 1. The molecular formula is C15H22ClF3N2O. The van der Waals surface area contributed by atoms with Crippen LogP contribution in [0.15, 0.2) is 24.3 Å². The molecule has 1 rings (SSSR count). The van der Waals surface area contributed by atoms with Crippen LogP contribution in [0.3, 0.4) is 0 Å². The number of rotatable bonds is 5. The lowest BCUT2D eigenvalue weighted by Gasteiger charge is -2.25. The van der Waals surface area contributed by atoms with Crippen LogP contribution in [-0.4, -0.2) is 12.5 Å². The Kier molecular flexibility index (Phi) is 7.90. The molecule has 0 radical (unpaired) electrons. The summed E-state index contributed by atoms with van der Waals surface area (Å²) < 4.78 is 38.3. The van der Waals surface area contributed by atoms with Crippen LogP contribution in [0.25, 0.3) is 0 Å². The Hall–Kier alpha value is -1.27. The van der Waals surface area contributed by atoms with Crippen molar-refractivity contribution < 1.29 is 18.0 Å². The van der Waals surface area contributed by atoms with E-state index in [1.54, 1.807) is 13.0 Å². The van der Waals surface area contributed by atoms with Crippen molar-refractivity contribution in [3.8, 4) is 0 Å². The Bertz CT molecular complexity index is 492. The van der Waals surface area contributed by atoms with Crippen LogP contribution < -0.4 is 11.1 Å². The van der Waals surface area contributed by atoms with Gasteiger partial charge in [0.05, 0.1) is 11.6 Å². The molecule has 1 aromatic carbocycles. The van der Waals surface area contributed by atoms with Gasteiger partial charge >= 0.3 is 6.18 Å². The molecule has 22 heavy (non-hydrogen) atoms. The Balaban J connectivity index is 0.00000441. The van der Waals surface area contributed by atoms with Crippen molar-refractivity contribution in [2.45, 2.75) is 33.0 Å². The summed E-state index contributed by atoms with van der Waals surface area (Å²) in [6.07, 6.45) is -4.40. The Morgan fingerprint density at radius 1 is 1.27 bits per heavy atom. The largest absolute Gasteiger partial charge is 0.416 e. The van der Waals surface area contributed by atoms with E-state index in [2.05, 4.69) is 5.32 Å². The minimum atomic E-state index is -4.40. The molecule has 0 aromatic heterocycles. The van der Waals surface area contributed by atoms with Crippen molar-refractivity contribution in [2.24, 2.45) is 17.6 Å². The molecule has 7 heteroatoms. The smallest absolute Gasteiger partial charge is 0.349 e. The Morgan fingerprint density at radius 3 is 2.32 bits per heavy atom. The number of amides is 1. The van der Waals surface area contributed by atoms with Crippen LogP contribution in [0.5, 0.6) is 0 Å². The van der Waals surface area contributed by atoms with Crippen LogP contribution in [0.4, 0.5) is 13.2 Å². The second kappa shape index (κ2) is 8.39. The molecule has 0 saturated carbocycles. The molecular weight excluding hydrogens is 317 g/mol. The van der Waals surface area contributed by atoms with Crippen molar-refractivity contribution >= 4 is 18.3 Å². The topological polar surface area (TPSA) is 55.1 Å². The van der Waals surface area contributed by atoms with Crippen LogP contribution in [0.1, 0.15) is 37.9 Å². The van der Waals surface area contributed by atoms with E-state index >= 15 is 0 Å². The van der Waals surface area contributed by atoms with Gasteiger partial charge in [-0.2, -0.15) is 13.2 Å². The molecule has 0 bridgehead atoms. The van der Waals surface area contributed by atoms with E-state index in [0.717, 1.165) is 12.1 Å². The van der Waals surface area contributed by atoms with Crippen LogP contribution >= 0.6 is 12.4 Å². The molecule has 0 aliphatic heterocycles. The van der Waals surface area contributed by atoms with Crippen molar-refractivity contribution in [3.63, 3.8) is 0 Å². The first-order valence-corrected chi connectivity index (χ1v) is 6.84. The maximum absolute atomic E-state index is 12.8. The van der Waals surface area contributed by atoms with Crippen molar-refractivity contribution in [1.82, 2.24) is 5.32 Å². The second-order valence-corrected chi connectivity index (χ2v) is 5.49. The zero-order valence-electron chi connectivity index (χ0n) is 12.8. The second-order valence-electron chi connectivity index (χ2n) is 5.49. The van der Waals surface area contributed by atoms with Crippen molar-refractivity contribution in [3.05, 3.63) is 35.4 Å². The van der Waals surface area contributed by atoms with E-state index < -0.39 is 17.8 Å². The van der Waals surface area contributed by atoms with Gasteiger partial charge < -0.3 is 11.1 Å². The molecule has 0 fully saturated rings. The van der Waals surface area contributed by atoms with Crippen LogP contribution in [0, 0.1) is 11.8 Å². The number of benzene rings is 1. The molecule has 0 saturated heterocycles. The third-order valence-electron chi connectivity index (χ3n) is 3.34. The predicted molar refractivity (Wildman–Crippen MR) is 82.6 cm³/mol. The highest BCUT2D eigenvalue weighted by molar-refractivity contribution is 5.85. The first-order valence-electron chi connectivity index (χ1n) is 6.84. The molecule has 3 N–H and O–H groups in total. The zero-order chi connectivity index (χ0) is 16.2. The number of carbonyl (C=O) groups excluding carboxylic acids is 1. The van der Waals surface area contributed by atoms with Gasteiger partial charge in [-0.15, -0.1) is 12.4 Å². The highest BCUT2D eigenvalue weighted by Gasteiger charge is 2.31. The molecule has 2 unspecified atom stereocenters. The lowest BCUT2D eigenvalue weighted by atomic mass is 9.94. The van der Waals surface area contributed by atoms with Crippen LogP contribution in [-0.2, 0) is 11.0 Å². The molecule has 126 valence electrons. The molecule has 3 nitrogen and oxygen atoms in total. The van der Waals surface area contributed by atoms with E-state index in [1.807, 2.05) is 13.8 Å². The summed E-state index contributed by atoms with van der Waals surface area (Å²) in [5, 5.41) is 2.78. The summed E-state index contributed by atoms with van der Waals surface area (Å²) in [5.41, 5.74) is 5.16. The lowest BCUT2D eigenvalue weighted by Crippen LogP contribution is -2.37. The van der Waals surface area contributed by atoms with Gasteiger partial charge in [-0.25, -0.2) is 0 Å². The molecule has 1 amide bonds. The summed E-state index contributed by atoms with van der Waals surface area (Å²) in [6.45, 7) is 5.56. The van der Waals surface area contributed by atoms with E-state index in [1.165, 1.54) is 6.07 Å².